The van der Waals surface area contributed by atoms with E-state index in [1.54, 1.807) is 12.5 Å². The minimum Gasteiger partial charge on any atom is -0.472 e. The van der Waals surface area contributed by atoms with Gasteiger partial charge in [-0.1, -0.05) is 29.8 Å². The van der Waals surface area contributed by atoms with Gasteiger partial charge in [0.05, 0.1) is 12.5 Å². The number of nitrogens with one attached hydrogen (secondary N) is 1. The number of benzene rings is 1. The molecule has 0 radical (unpaired) electrons. The molecule has 0 saturated carbocycles. The maximum atomic E-state index is 5.03. The predicted molar refractivity (Wildman–Crippen MR) is 65.1 cm³/mol. The van der Waals surface area contributed by atoms with Crippen molar-refractivity contribution in [2.45, 2.75) is 26.4 Å². The zero-order valence-electron chi connectivity index (χ0n) is 9.73. The van der Waals surface area contributed by atoms with Crippen molar-refractivity contribution in [2.75, 3.05) is 0 Å². The molecule has 1 aromatic heterocycles. The summed E-state index contributed by atoms with van der Waals surface area (Å²) >= 11 is 0. The molecule has 0 unspecified atom stereocenters. The molecule has 2 aromatic rings. The topological polar surface area (TPSA) is 25.2 Å². The van der Waals surface area contributed by atoms with E-state index in [1.165, 1.54) is 16.7 Å². The minimum absolute atomic E-state index is 0.356. The van der Waals surface area contributed by atoms with Crippen molar-refractivity contribution in [3.8, 4) is 0 Å². The normalized spacial score (nSPS) is 12.6. The molecule has 0 fully saturated rings. The van der Waals surface area contributed by atoms with E-state index in [0.29, 0.717) is 6.04 Å². The zero-order chi connectivity index (χ0) is 11.4. The monoisotopic (exact) mass is 215 g/mol. The smallest absolute Gasteiger partial charge is 0.0947 e. The molecule has 0 saturated heterocycles. The second-order valence-electron chi connectivity index (χ2n) is 4.15. The summed E-state index contributed by atoms with van der Waals surface area (Å²) in [5.41, 5.74) is 3.80. The lowest BCUT2D eigenvalue weighted by Crippen LogP contribution is -2.17. The van der Waals surface area contributed by atoms with Gasteiger partial charge in [0.15, 0.2) is 0 Å². The quantitative estimate of drug-likeness (QED) is 0.845. The van der Waals surface area contributed by atoms with E-state index >= 15 is 0 Å². The Labute approximate surface area is 96.3 Å². The lowest BCUT2D eigenvalue weighted by atomic mass is 10.1. The van der Waals surface area contributed by atoms with Crippen molar-refractivity contribution in [1.82, 2.24) is 5.32 Å². The largest absolute Gasteiger partial charge is 0.472 e. The Morgan fingerprint density at radius 2 is 2.19 bits per heavy atom. The van der Waals surface area contributed by atoms with Crippen molar-refractivity contribution >= 4 is 0 Å². The molecule has 1 atom stereocenters. The molecule has 1 N–H and O–H groups in total. The summed E-state index contributed by atoms with van der Waals surface area (Å²) in [7, 11) is 0. The third-order valence-corrected chi connectivity index (χ3v) is 2.73. The number of hydrogen-bond acceptors (Lipinski definition) is 2. The van der Waals surface area contributed by atoms with Crippen LogP contribution in [-0.4, -0.2) is 0 Å². The summed E-state index contributed by atoms with van der Waals surface area (Å²) < 4.78 is 5.03. The van der Waals surface area contributed by atoms with Gasteiger partial charge in [-0.3, -0.25) is 0 Å². The van der Waals surface area contributed by atoms with Gasteiger partial charge in [0.1, 0.15) is 0 Å². The Balaban J connectivity index is 1.95. The molecule has 1 aromatic carbocycles. The van der Waals surface area contributed by atoms with Crippen molar-refractivity contribution < 1.29 is 4.42 Å². The lowest BCUT2D eigenvalue weighted by molar-refractivity contribution is 0.546. The zero-order valence-corrected chi connectivity index (χ0v) is 9.73. The van der Waals surface area contributed by atoms with Gasteiger partial charge >= 0.3 is 0 Å². The lowest BCUT2D eigenvalue weighted by Gasteiger charge is -2.14. The standard InChI is InChI=1S/C14H17NO/c1-11-4-3-5-14(8-11)12(2)15-9-13-6-7-16-10-13/h3-8,10,12,15H,9H2,1-2H3/t12-/m1/s1. The van der Waals surface area contributed by atoms with Gasteiger partial charge in [0.25, 0.3) is 0 Å². The first-order chi connectivity index (χ1) is 7.75. The first-order valence-electron chi connectivity index (χ1n) is 5.57. The Morgan fingerprint density at radius 1 is 1.31 bits per heavy atom. The average Bonchev–Trinajstić information content (AvgIpc) is 2.78. The van der Waals surface area contributed by atoms with Gasteiger partial charge in [-0.2, -0.15) is 0 Å². The van der Waals surface area contributed by atoms with E-state index in [-0.39, 0.29) is 0 Å². The fraction of sp³-hybridized carbons (Fsp3) is 0.286. The highest BCUT2D eigenvalue weighted by molar-refractivity contribution is 5.24. The van der Waals surface area contributed by atoms with Gasteiger partial charge in [0.2, 0.25) is 0 Å². The van der Waals surface area contributed by atoms with Crippen LogP contribution in [0.2, 0.25) is 0 Å². The van der Waals surface area contributed by atoms with Crippen molar-refractivity contribution in [1.29, 1.82) is 0 Å². The van der Waals surface area contributed by atoms with Gasteiger partial charge < -0.3 is 9.73 Å². The molecule has 0 aliphatic carbocycles. The fourth-order valence-corrected chi connectivity index (χ4v) is 1.72. The molecular weight excluding hydrogens is 198 g/mol. The fourth-order valence-electron chi connectivity index (χ4n) is 1.72. The van der Waals surface area contributed by atoms with E-state index in [1.807, 2.05) is 6.07 Å². The van der Waals surface area contributed by atoms with Gasteiger partial charge in [-0.05, 0) is 25.5 Å². The molecule has 2 nitrogen and oxygen atoms in total. The molecule has 0 amide bonds. The van der Waals surface area contributed by atoms with E-state index in [2.05, 4.69) is 43.4 Å². The summed E-state index contributed by atoms with van der Waals surface area (Å²) in [6, 6.07) is 10.9. The maximum absolute atomic E-state index is 5.03. The Hall–Kier alpha value is -1.54. The highest BCUT2D eigenvalue weighted by Crippen LogP contribution is 2.14. The van der Waals surface area contributed by atoms with Crippen LogP contribution in [0.5, 0.6) is 0 Å². The average molecular weight is 215 g/mol. The van der Waals surface area contributed by atoms with Crippen molar-refractivity contribution in [3.05, 3.63) is 59.5 Å². The third-order valence-electron chi connectivity index (χ3n) is 2.73. The maximum Gasteiger partial charge on any atom is 0.0947 e. The molecule has 0 spiro atoms. The Kier molecular flexibility index (Phi) is 3.42. The number of rotatable bonds is 4. The molecule has 1 heterocycles. The number of furan rings is 1. The molecule has 84 valence electrons. The first-order valence-corrected chi connectivity index (χ1v) is 5.57. The van der Waals surface area contributed by atoms with Gasteiger partial charge in [0, 0.05) is 18.2 Å². The second-order valence-corrected chi connectivity index (χ2v) is 4.15. The van der Waals surface area contributed by atoms with Crippen molar-refractivity contribution in [3.63, 3.8) is 0 Å². The minimum atomic E-state index is 0.356. The molecule has 16 heavy (non-hydrogen) atoms. The van der Waals surface area contributed by atoms with Crippen LogP contribution in [0.4, 0.5) is 0 Å². The predicted octanol–water partition coefficient (Wildman–Crippen LogP) is 3.44. The summed E-state index contributed by atoms with van der Waals surface area (Å²) in [6.07, 6.45) is 3.48. The summed E-state index contributed by atoms with van der Waals surface area (Å²) in [5.74, 6) is 0. The molecular formula is C14H17NO. The van der Waals surface area contributed by atoms with Crippen LogP contribution in [-0.2, 0) is 6.54 Å². The van der Waals surface area contributed by atoms with Crippen LogP contribution in [0.1, 0.15) is 29.7 Å². The second kappa shape index (κ2) is 4.99. The Morgan fingerprint density at radius 3 is 2.88 bits per heavy atom. The molecule has 2 rings (SSSR count). The van der Waals surface area contributed by atoms with Crippen LogP contribution < -0.4 is 5.32 Å². The van der Waals surface area contributed by atoms with Gasteiger partial charge in [-0.25, -0.2) is 0 Å². The van der Waals surface area contributed by atoms with Crippen molar-refractivity contribution in [2.24, 2.45) is 0 Å². The molecule has 0 aliphatic rings. The van der Waals surface area contributed by atoms with Gasteiger partial charge in [-0.15, -0.1) is 0 Å². The molecule has 0 aliphatic heterocycles. The van der Waals surface area contributed by atoms with E-state index < -0.39 is 0 Å². The first kappa shape index (κ1) is 11.0. The Bertz CT molecular complexity index is 434. The summed E-state index contributed by atoms with van der Waals surface area (Å²) in [4.78, 5) is 0. The van der Waals surface area contributed by atoms with Crippen LogP contribution in [0.3, 0.4) is 0 Å². The SMILES string of the molecule is Cc1cccc([C@@H](C)NCc2ccoc2)c1. The molecule has 0 bridgehead atoms. The van der Waals surface area contributed by atoms with E-state index in [9.17, 15) is 0 Å². The summed E-state index contributed by atoms with van der Waals surface area (Å²) in [5, 5.41) is 3.47. The van der Waals surface area contributed by atoms with Crippen LogP contribution in [0.15, 0.2) is 47.3 Å². The highest BCUT2D eigenvalue weighted by atomic mass is 16.3. The molecule has 2 heteroatoms. The summed E-state index contributed by atoms with van der Waals surface area (Å²) in [6.45, 7) is 5.13. The third kappa shape index (κ3) is 2.74. The number of hydrogen-bond donors (Lipinski definition) is 1. The van der Waals surface area contributed by atoms with Crippen LogP contribution >= 0.6 is 0 Å². The van der Waals surface area contributed by atoms with E-state index in [4.69, 9.17) is 4.42 Å². The number of aryl methyl sites for hydroxylation is 1. The van der Waals surface area contributed by atoms with E-state index in [0.717, 1.165) is 6.54 Å². The van der Waals surface area contributed by atoms with Crippen LogP contribution in [0, 0.1) is 6.92 Å². The highest BCUT2D eigenvalue weighted by Gasteiger charge is 2.04. The van der Waals surface area contributed by atoms with Crippen LogP contribution in [0.25, 0.3) is 0 Å².